The lowest BCUT2D eigenvalue weighted by Gasteiger charge is -2.16. The highest BCUT2D eigenvalue weighted by molar-refractivity contribution is 5.60. The summed E-state index contributed by atoms with van der Waals surface area (Å²) in [6, 6.07) is 0.0249. The Morgan fingerprint density at radius 1 is 1.50 bits per heavy atom. The van der Waals surface area contributed by atoms with E-state index in [-0.39, 0.29) is 17.8 Å². The highest BCUT2D eigenvalue weighted by Gasteiger charge is 2.27. The van der Waals surface area contributed by atoms with Gasteiger partial charge in [0.05, 0.1) is 11.5 Å². The largest absolute Gasteiger partial charge is 0.383 e. The van der Waals surface area contributed by atoms with Gasteiger partial charge in [-0.2, -0.15) is 5.10 Å². The van der Waals surface area contributed by atoms with Gasteiger partial charge in [0, 0.05) is 19.2 Å². The SMILES string of the molecule is COCC(C)Nc1c([N+](=O)[O-])c(C)nn1C(C)C. The summed E-state index contributed by atoms with van der Waals surface area (Å²) in [5, 5.41) is 18.4. The van der Waals surface area contributed by atoms with Crippen molar-refractivity contribution in [3.8, 4) is 0 Å². The van der Waals surface area contributed by atoms with Crippen LogP contribution in [0.15, 0.2) is 0 Å². The number of hydrogen-bond donors (Lipinski definition) is 1. The molecule has 0 saturated heterocycles. The molecule has 0 aromatic carbocycles. The van der Waals surface area contributed by atoms with Gasteiger partial charge < -0.3 is 10.1 Å². The summed E-state index contributed by atoms with van der Waals surface area (Å²) < 4.78 is 6.66. The lowest BCUT2D eigenvalue weighted by Crippen LogP contribution is -2.23. The summed E-state index contributed by atoms with van der Waals surface area (Å²) in [6.07, 6.45) is 0. The van der Waals surface area contributed by atoms with Gasteiger partial charge in [-0.3, -0.25) is 10.1 Å². The molecule has 1 rings (SSSR count). The molecule has 7 heteroatoms. The number of nitrogens with one attached hydrogen (secondary N) is 1. The minimum atomic E-state index is -0.400. The molecule has 0 saturated carbocycles. The maximum absolute atomic E-state index is 11.1. The molecule has 1 aromatic heterocycles. The zero-order valence-corrected chi connectivity index (χ0v) is 11.4. The molecule has 1 unspecified atom stereocenters. The Balaban J connectivity index is 3.15. The number of aromatic nitrogens is 2. The van der Waals surface area contributed by atoms with Gasteiger partial charge in [-0.05, 0) is 27.7 Å². The van der Waals surface area contributed by atoms with E-state index in [1.165, 1.54) is 0 Å². The first-order chi connectivity index (χ1) is 8.38. The van der Waals surface area contributed by atoms with Crippen LogP contribution in [-0.2, 0) is 4.74 Å². The van der Waals surface area contributed by atoms with Crippen molar-refractivity contribution in [1.82, 2.24) is 9.78 Å². The molecule has 0 bridgehead atoms. The summed E-state index contributed by atoms with van der Waals surface area (Å²) in [5.74, 6) is 0.442. The van der Waals surface area contributed by atoms with Crippen LogP contribution in [0.3, 0.4) is 0 Å². The van der Waals surface area contributed by atoms with E-state index in [4.69, 9.17) is 4.74 Å². The third-order valence-electron chi connectivity index (χ3n) is 2.53. The number of nitro groups is 1. The molecule has 0 aliphatic rings. The summed E-state index contributed by atoms with van der Waals surface area (Å²) in [4.78, 5) is 10.7. The molecule has 1 atom stereocenters. The minimum Gasteiger partial charge on any atom is -0.383 e. The fourth-order valence-electron chi connectivity index (χ4n) is 1.79. The Kier molecular flexibility index (Phi) is 4.66. The van der Waals surface area contributed by atoms with Crippen molar-refractivity contribution < 1.29 is 9.66 Å². The third kappa shape index (κ3) is 2.98. The first-order valence-electron chi connectivity index (χ1n) is 5.87. The topological polar surface area (TPSA) is 82.2 Å². The van der Waals surface area contributed by atoms with Crippen molar-refractivity contribution in [3.05, 3.63) is 15.8 Å². The second-order valence-corrected chi connectivity index (χ2v) is 4.58. The number of ether oxygens (including phenoxy) is 1. The molecule has 7 nitrogen and oxygen atoms in total. The van der Waals surface area contributed by atoms with E-state index in [1.54, 1.807) is 18.7 Å². The number of rotatable bonds is 6. The Hall–Kier alpha value is -1.63. The summed E-state index contributed by atoms with van der Waals surface area (Å²) in [6.45, 7) is 7.88. The first kappa shape index (κ1) is 14.4. The van der Waals surface area contributed by atoms with E-state index >= 15 is 0 Å². The highest BCUT2D eigenvalue weighted by Crippen LogP contribution is 2.30. The number of aryl methyl sites for hydroxylation is 1. The maximum atomic E-state index is 11.1. The minimum absolute atomic E-state index is 0.0256. The van der Waals surface area contributed by atoms with E-state index in [0.717, 1.165) is 0 Å². The molecule has 0 spiro atoms. The van der Waals surface area contributed by atoms with E-state index in [9.17, 15) is 10.1 Å². The second-order valence-electron chi connectivity index (χ2n) is 4.58. The quantitative estimate of drug-likeness (QED) is 0.622. The van der Waals surface area contributed by atoms with Gasteiger partial charge in [0.2, 0.25) is 5.82 Å². The fourth-order valence-corrected chi connectivity index (χ4v) is 1.79. The molecule has 1 aromatic rings. The summed E-state index contributed by atoms with van der Waals surface area (Å²) in [7, 11) is 1.59. The third-order valence-corrected chi connectivity index (χ3v) is 2.53. The van der Waals surface area contributed by atoms with Gasteiger partial charge in [0.15, 0.2) is 0 Å². The molecular weight excluding hydrogens is 236 g/mol. The predicted octanol–water partition coefficient (Wildman–Crippen LogP) is 2.13. The van der Waals surface area contributed by atoms with Crippen LogP contribution in [0, 0.1) is 17.0 Å². The van der Waals surface area contributed by atoms with E-state index in [0.29, 0.717) is 18.1 Å². The van der Waals surface area contributed by atoms with Crippen LogP contribution in [0.25, 0.3) is 0 Å². The van der Waals surface area contributed by atoms with Gasteiger partial charge in [0.25, 0.3) is 0 Å². The molecule has 0 fully saturated rings. The standard InChI is InChI=1S/C11H20N4O3/c1-7(2)14-11(12-8(3)6-18-5)10(15(16)17)9(4)13-14/h7-8,12H,6H2,1-5H3. The molecule has 0 aliphatic carbocycles. The molecule has 102 valence electrons. The normalized spacial score (nSPS) is 12.8. The van der Waals surface area contributed by atoms with Crippen molar-refractivity contribution in [1.29, 1.82) is 0 Å². The molecule has 18 heavy (non-hydrogen) atoms. The predicted molar refractivity (Wildman–Crippen MR) is 69.0 cm³/mol. The van der Waals surface area contributed by atoms with E-state index in [1.807, 2.05) is 20.8 Å². The molecule has 1 heterocycles. The zero-order valence-electron chi connectivity index (χ0n) is 11.4. The smallest absolute Gasteiger partial charge is 0.333 e. The highest BCUT2D eigenvalue weighted by atomic mass is 16.6. The molecule has 1 N–H and O–H groups in total. The monoisotopic (exact) mass is 256 g/mol. The average Bonchev–Trinajstić information content (AvgIpc) is 2.55. The van der Waals surface area contributed by atoms with Gasteiger partial charge in [-0.1, -0.05) is 0 Å². The fraction of sp³-hybridized carbons (Fsp3) is 0.727. The van der Waals surface area contributed by atoms with Gasteiger partial charge in [0.1, 0.15) is 5.69 Å². The number of anilines is 1. The van der Waals surface area contributed by atoms with Crippen LogP contribution in [0.1, 0.15) is 32.5 Å². The molecule has 0 aliphatic heterocycles. The van der Waals surface area contributed by atoms with E-state index < -0.39 is 4.92 Å². The van der Waals surface area contributed by atoms with Crippen molar-refractivity contribution in [2.75, 3.05) is 19.0 Å². The van der Waals surface area contributed by atoms with Crippen molar-refractivity contribution in [3.63, 3.8) is 0 Å². The Bertz CT molecular complexity index is 428. The molecule has 0 radical (unpaired) electrons. The zero-order chi connectivity index (χ0) is 13.9. The first-order valence-corrected chi connectivity index (χ1v) is 5.87. The van der Waals surface area contributed by atoms with Gasteiger partial charge in [-0.25, -0.2) is 4.68 Å². The number of nitrogens with zero attached hydrogens (tertiary/aromatic N) is 3. The Morgan fingerprint density at radius 2 is 2.11 bits per heavy atom. The number of hydrogen-bond acceptors (Lipinski definition) is 5. The van der Waals surface area contributed by atoms with Crippen molar-refractivity contribution >= 4 is 11.5 Å². The van der Waals surface area contributed by atoms with Crippen LogP contribution in [0.5, 0.6) is 0 Å². The summed E-state index contributed by atoms with van der Waals surface area (Å²) in [5.41, 5.74) is 0.451. The van der Waals surface area contributed by atoms with Crippen molar-refractivity contribution in [2.24, 2.45) is 0 Å². The van der Waals surface area contributed by atoms with Crippen LogP contribution in [0.4, 0.5) is 11.5 Å². The molecule has 0 amide bonds. The van der Waals surface area contributed by atoms with Gasteiger partial charge in [-0.15, -0.1) is 0 Å². The lowest BCUT2D eigenvalue weighted by atomic mass is 10.3. The maximum Gasteiger partial charge on any atom is 0.333 e. The van der Waals surface area contributed by atoms with Crippen LogP contribution >= 0.6 is 0 Å². The van der Waals surface area contributed by atoms with Crippen LogP contribution < -0.4 is 5.32 Å². The lowest BCUT2D eigenvalue weighted by molar-refractivity contribution is -0.384. The summed E-state index contributed by atoms with van der Waals surface area (Å²) >= 11 is 0. The van der Waals surface area contributed by atoms with Gasteiger partial charge >= 0.3 is 5.69 Å². The number of methoxy groups -OCH3 is 1. The van der Waals surface area contributed by atoms with Crippen LogP contribution in [-0.4, -0.2) is 34.5 Å². The average molecular weight is 256 g/mol. The van der Waals surface area contributed by atoms with Crippen LogP contribution in [0.2, 0.25) is 0 Å². The van der Waals surface area contributed by atoms with E-state index in [2.05, 4.69) is 10.4 Å². The van der Waals surface area contributed by atoms with Crippen molar-refractivity contribution in [2.45, 2.75) is 39.8 Å². The Morgan fingerprint density at radius 3 is 2.56 bits per heavy atom. The molecular formula is C11H20N4O3. The second kappa shape index (κ2) is 5.81. The Labute approximate surface area is 106 Å².